The van der Waals surface area contributed by atoms with Crippen molar-refractivity contribution >= 4 is 29.5 Å². The zero-order chi connectivity index (χ0) is 19.9. The molecule has 0 saturated carbocycles. The highest BCUT2D eigenvalue weighted by Crippen LogP contribution is 2.28. The molecule has 1 amide bonds. The second-order valence-corrected chi connectivity index (χ2v) is 6.13. The summed E-state index contributed by atoms with van der Waals surface area (Å²) in [7, 11) is 0. The summed E-state index contributed by atoms with van der Waals surface area (Å²) in [5, 5.41) is 8.41. The Morgan fingerprint density at radius 2 is 1.93 bits per heavy atom. The van der Waals surface area contributed by atoms with Crippen molar-refractivity contribution in [3.05, 3.63) is 48.5 Å². The van der Waals surface area contributed by atoms with E-state index >= 15 is 0 Å². The van der Waals surface area contributed by atoms with Gasteiger partial charge in [0.15, 0.2) is 0 Å². The van der Waals surface area contributed by atoms with Gasteiger partial charge in [0, 0.05) is 29.9 Å². The van der Waals surface area contributed by atoms with E-state index in [4.69, 9.17) is 0 Å². The summed E-state index contributed by atoms with van der Waals surface area (Å²) in [4.78, 5) is 18.0. The number of hydrogen-bond donors (Lipinski definition) is 1. The summed E-state index contributed by atoms with van der Waals surface area (Å²) < 4.78 is 29.2. The summed E-state index contributed by atoms with van der Waals surface area (Å²) in [5.41, 5.74) is -1.93. The summed E-state index contributed by atoms with van der Waals surface area (Å²) in [6.45, 7) is 4.46. The first-order chi connectivity index (χ1) is 12.8. The molecule has 0 spiro atoms. The van der Waals surface area contributed by atoms with Gasteiger partial charge in [-0.15, -0.1) is 8.78 Å². The summed E-state index contributed by atoms with van der Waals surface area (Å²) in [6, 6.07) is 5.91. The minimum absolute atomic E-state index is 0.0452. The molecule has 1 aliphatic heterocycles. The number of nitrogens with zero attached hydrogens (tertiary/aromatic N) is 4. The van der Waals surface area contributed by atoms with Gasteiger partial charge in [-0.1, -0.05) is 6.92 Å². The quantitative estimate of drug-likeness (QED) is 0.633. The van der Waals surface area contributed by atoms with Gasteiger partial charge in [-0.2, -0.15) is 5.10 Å². The Kier molecular flexibility index (Phi) is 7.00. The number of benzene rings is 1. The average Bonchev–Trinajstić information content (AvgIpc) is 2.97. The third-order valence-electron chi connectivity index (χ3n) is 3.41. The predicted molar refractivity (Wildman–Crippen MR) is 97.8 cm³/mol. The van der Waals surface area contributed by atoms with Crippen molar-refractivity contribution in [1.29, 1.82) is 0 Å². The minimum Gasteiger partial charge on any atom is -0.420 e. The molecule has 1 aromatic carbocycles. The third-order valence-corrected chi connectivity index (χ3v) is 3.48. The SMILES string of the molecule is C[C@H]1CN(c2ccc(OC(F)(F)Cl)cc2)N=C1NC=O.Cc1cncnc1. The fraction of sp³-hybridized carbons (Fsp3) is 0.294. The van der Waals surface area contributed by atoms with Gasteiger partial charge in [-0.05, 0) is 36.8 Å². The number of ether oxygens (including phenoxy) is 1. The fourth-order valence-electron chi connectivity index (χ4n) is 2.20. The van der Waals surface area contributed by atoms with Crippen LogP contribution in [0.15, 0.2) is 48.1 Å². The van der Waals surface area contributed by atoms with E-state index in [1.54, 1.807) is 29.5 Å². The van der Waals surface area contributed by atoms with Crippen LogP contribution in [0, 0.1) is 12.8 Å². The van der Waals surface area contributed by atoms with Crippen LogP contribution in [0.5, 0.6) is 5.75 Å². The lowest BCUT2D eigenvalue weighted by Gasteiger charge is -2.15. The number of hydrazone groups is 1. The van der Waals surface area contributed by atoms with Gasteiger partial charge in [-0.25, -0.2) is 9.97 Å². The molecule has 1 aliphatic rings. The van der Waals surface area contributed by atoms with Crippen molar-refractivity contribution in [2.75, 3.05) is 11.6 Å². The number of alkyl halides is 3. The maximum absolute atomic E-state index is 12.5. The van der Waals surface area contributed by atoms with Crippen molar-refractivity contribution in [2.24, 2.45) is 11.0 Å². The highest BCUT2D eigenvalue weighted by Gasteiger charge is 2.28. The second-order valence-electron chi connectivity index (χ2n) is 5.69. The number of anilines is 1. The van der Waals surface area contributed by atoms with Gasteiger partial charge in [-0.3, -0.25) is 9.80 Å². The number of nitrogens with one attached hydrogen (secondary N) is 1. The standard InChI is InChI=1S/C12H12ClF2N3O2.C5H6N2/c1-8-6-18(17-11(8)16-7-19)9-2-4-10(5-3-9)20-12(13,14)15;1-5-2-6-4-7-3-5/h2-5,7-8H,6H2,1H3,(H,16,17,19);2-4H,1H3/t8-;/m0./s1. The molecule has 2 heterocycles. The van der Waals surface area contributed by atoms with Gasteiger partial charge >= 0.3 is 5.57 Å². The average molecular weight is 398 g/mol. The number of carbonyl (C=O) groups is 1. The van der Waals surface area contributed by atoms with Gasteiger partial charge in [0.1, 0.15) is 17.9 Å². The van der Waals surface area contributed by atoms with E-state index in [1.807, 2.05) is 13.8 Å². The van der Waals surface area contributed by atoms with Crippen LogP contribution in [0.3, 0.4) is 0 Å². The van der Waals surface area contributed by atoms with Crippen molar-refractivity contribution in [3.63, 3.8) is 0 Å². The van der Waals surface area contributed by atoms with E-state index < -0.39 is 5.57 Å². The van der Waals surface area contributed by atoms with E-state index in [9.17, 15) is 13.6 Å². The molecule has 0 bridgehead atoms. The van der Waals surface area contributed by atoms with Gasteiger partial charge < -0.3 is 10.1 Å². The molecule has 1 N–H and O–H groups in total. The van der Waals surface area contributed by atoms with Crippen molar-refractivity contribution in [3.8, 4) is 5.75 Å². The van der Waals surface area contributed by atoms with Crippen LogP contribution in [0.1, 0.15) is 12.5 Å². The number of carbonyl (C=O) groups excluding carboxylic acids is 1. The number of hydrogen-bond acceptors (Lipinski definition) is 6. The molecule has 0 unspecified atom stereocenters. The number of rotatable bonds is 4. The number of aromatic nitrogens is 2. The number of halogens is 3. The lowest BCUT2D eigenvalue weighted by molar-refractivity contribution is -0.108. The number of aryl methyl sites for hydroxylation is 1. The van der Waals surface area contributed by atoms with E-state index in [0.29, 0.717) is 24.5 Å². The number of amides is 1. The van der Waals surface area contributed by atoms with Crippen LogP contribution < -0.4 is 15.1 Å². The summed E-state index contributed by atoms with van der Waals surface area (Å²) in [6.07, 6.45) is 5.63. The van der Waals surface area contributed by atoms with Gasteiger partial charge in [0.2, 0.25) is 6.41 Å². The zero-order valence-corrected chi connectivity index (χ0v) is 15.4. The maximum Gasteiger partial charge on any atom is 0.487 e. The molecule has 10 heteroatoms. The normalized spacial score (nSPS) is 16.1. The molecule has 1 aromatic heterocycles. The van der Waals surface area contributed by atoms with Crippen LogP contribution >= 0.6 is 11.6 Å². The highest BCUT2D eigenvalue weighted by molar-refractivity contribution is 6.20. The molecule has 7 nitrogen and oxygen atoms in total. The Hall–Kier alpha value is -2.81. The summed E-state index contributed by atoms with van der Waals surface area (Å²) in [5.74, 6) is 0.590. The van der Waals surface area contributed by atoms with Crippen LogP contribution in [-0.4, -0.2) is 34.3 Å². The van der Waals surface area contributed by atoms with Crippen LogP contribution in [0.4, 0.5) is 14.5 Å². The largest absolute Gasteiger partial charge is 0.487 e. The second kappa shape index (κ2) is 9.22. The third kappa shape index (κ3) is 6.78. The van der Waals surface area contributed by atoms with Gasteiger partial charge in [0.25, 0.3) is 0 Å². The molecule has 3 rings (SSSR count). The first kappa shape index (κ1) is 20.5. The van der Waals surface area contributed by atoms with E-state index in [0.717, 1.165) is 5.56 Å². The minimum atomic E-state index is -3.73. The highest BCUT2D eigenvalue weighted by atomic mass is 35.5. The lowest BCUT2D eigenvalue weighted by Crippen LogP contribution is -2.26. The van der Waals surface area contributed by atoms with Crippen LogP contribution in [0.2, 0.25) is 0 Å². The zero-order valence-electron chi connectivity index (χ0n) is 14.6. The summed E-state index contributed by atoms with van der Waals surface area (Å²) >= 11 is 4.68. The molecule has 27 heavy (non-hydrogen) atoms. The Balaban J connectivity index is 0.000000313. The van der Waals surface area contributed by atoms with Crippen molar-refractivity contribution in [1.82, 2.24) is 15.3 Å². The Morgan fingerprint density at radius 1 is 1.30 bits per heavy atom. The van der Waals surface area contributed by atoms with Crippen molar-refractivity contribution < 1.29 is 18.3 Å². The molecule has 0 radical (unpaired) electrons. The maximum atomic E-state index is 12.5. The lowest BCUT2D eigenvalue weighted by atomic mass is 10.1. The predicted octanol–water partition coefficient (Wildman–Crippen LogP) is 3.16. The smallest absolute Gasteiger partial charge is 0.420 e. The first-order valence-corrected chi connectivity index (χ1v) is 8.30. The molecule has 0 saturated heterocycles. The Labute approximate surface area is 160 Å². The van der Waals surface area contributed by atoms with Crippen LogP contribution in [0.25, 0.3) is 0 Å². The Morgan fingerprint density at radius 3 is 2.41 bits per heavy atom. The van der Waals surface area contributed by atoms with E-state index in [1.165, 1.54) is 18.5 Å². The van der Waals surface area contributed by atoms with E-state index in [-0.39, 0.29) is 11.7 Å². The number of amidine groups is 1. The molecule has 0 fully saturated rings. The van der Waals surface area contributed by atoms with Crippen LogP contribution in [-0.2, 0) is 4.79 Å². The molecule has 144 valence electrons. The molecule has 2 aromatic rings. The topological polar surface area (TPSA) is 79.7 Å². The molecular weight excluding hydrogens is 380 g/mol. The Bertz CT molecular complexity index is 769. The van der Waals surface area contributed by atoms with E-state index in [2.05, 4.69) is 36.7 Å². The molecule has 0 aliphatic carbocycles. The monoisotopic (exact) mass is 397 g/mol. The van der Waals surface area contributed by atoms with Crippen molar-refractivity contribution in [2.45, 2.75) is 19.4 Å². The molecular formula is C17H18ClF2N5O2. The fourth-order valence-corrected chi connectivity index (χ4v) is 2.29. The first-order valence-electron chi connectivity index (χ1n) is 7.92. The molecule has 1 atom stereocenters. The van der Waals surface area contributed by atoms with Gasteiger partial charge in [0.05, 0.1) is 12.2 Å².